The molecule has 0 radical (unpaired) electrons. The Morgan fingerprint density at radius 3 is 2.54 bits per heavy atom. The molecule has 216 valence electrons. The summed E-state index contributed by atoms with van der Waals surface area (Å²) in [4.78, 5) is 39.6. The number of fused-ring (bicyclic) bond motifs is 1. The van der Waals surface area contributed by atoms with Gasteiger partial charge in [-0.15, -0.1) is 0 Å². The zero-order chi connectivity index (χ0) is 29.1. The molecule has 0 saturated heterocycles. The van der Waals surface area contributed by atoms with Gasteiger partial charge in [0.05, 0.1) is 23.9 Å². The van der Waals surface area contributed by atoms with Crippen molar-refractivity contribution in [3.05, 3.63) is 94.1 Å². The fourth-order valence-electron chi connectivity index (χ4n) is 5.89. The van der Waals surface area contributed by atoms with Gasteiger partial charge in [0, 0.05) is 22.7 Å². The summed E-state index contributed by atoms with van der Waals surface area (Å²) in [5.74, 6) is -1.25. The van der Waals surface area contributed by atoms with Crippen molar-refractivity contribution in [1.82, 2.24) is 20.1 Å². The van der Waals surface area contributed by atoms with E-state index in [0.29, 0.717) is 46.1 Å². The van der Waals surface area contributed by atoms with Gasteiger partial charge < -0.3 is 10.6 Å². The molecule has 4 N–H and O–H groups in total. The molecule has 4 atom stereocenters. The van der Waals surface area contributed by atoms with E-state index < -0.39 is 40.0 Å². The van der Waals surface area contributed by atoms with Crippen LogP contribution in [0.4, 0.5) is 5.82 Å². The lowest BCUT2D eigenvalue weighted by Gasteiger charge is -2.49. The average Bonchev–Trinajstić information content (AvgIpc) is 2.93. The van der Waals surface area contributed by atoms with E-state index in [-0.39, 0.29) is 12.5 Å². The first-order valence-corrected chi connectivity index (χ1v) is 15.7. The summed E-state index contributed by atoms with van der Waals surface area (Å²) in [5.41, 5.74) is 10.5. The van der Waals surface area contributed by atoms with E-state index in [4.69, 9.17) is 22.2 Å². The van der Waals surface area contributed by atoms with Crippen molar-refractivity contribution in [3.63, 3.8) is 0 Å². The van der Waals surface area contributed by atoms with E-state index in [1.54, 1.807) is 71.6 Å². The number of hydrogen-bond donors (Lipinski definition) is 3. The Bertz CT molecular complexity index is 1530. The van der Waals surface area contributed by atoms with Gasteiger partial charge in [-0.05, 0) is 54.3 Å². The molecule has 1 aliphatic heterocycles. The lowest BCUT2D eigenvalue weighted by molar-refractivity contribution is -0.138. The first-order valence-electron chi connectivity index (χ1n) is 13.4. The number of carbonyl (C=O) groups excluding carboxylic acids is 2. The molecule has 2 amide bonds. The Morgan fingerprint density at radius 1 is 1.07 bits per heavy atom. The highest BCUT2D eigenvalue weighted by Crippen LogP contribution is 2.46. The number of amides is 2. The van der Waals surface area contributed by atoms with Crippen molar-refractivity contribution in [1.29, 1.82) is 0 Å². The van der Waals surface area contributed by atoms with Crippen LogP contribution in [0.1, 0.15) is 64.8 Å². The molecule has 0 bridgehead atoms. The molecule has 0 spiro atoms. The number of nitrogen functional groups attached to an aromatic ring is 1. The van der Waals surface area contributed by atoms with E-state index in [0.717, 1.165) is 19.1 Å². The van der Waals surface area contributed by atoms with Crippen molar-refractivity contribution in [3.8, 4) is 0 Å². The third-order valence-electron chi connectivity index (χ3n) is 7.54. The predicted molar refractivity (Wildman–Crippen MR) is 155 cm³/mol. The fourth-order valence-corrected chi connectivity index (χ4v) is 6.84. The van der Waals surface area contributed by atoms with Crippen LogP contribution in [0.2, 0.25) is 5.02 Å². The molecule has 2 heterocycles. The van der Waals surface area contributed by atoms with Crippen LogP contribution >= 0.6 is 11.6 Å². The number of aromatic nitrogens is 1. The van der Waals surface area contributed by atoms with Crippen molar-refractivity contribution >= 4 is 39.3 Å². The molecule has 2 aliphatic rings. The zero-order valence-corrected chi connectivity index (χ0v) is 24.1. The second-order valence-corrected chi connectivity index (χ2v) is 12.6. The predicted octanol–water partition coefficient (Wildman–Crippen LogP) is 3.71. The molecule has 1 fully saturated rings. The second kappa shape index (κ2) is 12.2. The summed E-state index contributed by atoms with van der Waals surface area (Å²) < 4.78 is 27.4. The highest BCUT2D eigenvalue weighted by molar-refractivity contribution is 7.88. The number of nitrogens with one attached hydrogen (secondary N) is 2. The molecular weight excluding hydrogens is 566 g/mol. The summed E-state index contributed by atoms with van der Waals surface area (Å²) in [5, 5.41) is 0.510. The molecule has 10 nitrogen and oxygen atoms in total. The minimum absolute atomic E-state index is 0.0115. The Labute approximate surface area is 244 Å². The first kappa shape index (κ1) is 29.0. The van der Waals surface area contributed by atoms with Crippen molar-refractivity contribution in [2.75, 3.05) is 12.0 Å². The number of hydroxylamine groups is 1. The summed E-state index contributed by atoms with van der Waals surface area (Å²) in [7, 11) is -3.55. The lowest BCUT2D eigenvalue weighted by atomic mass is 9.76. The van der Waals surface area contributed by atoms with Gasteiger partial charge in [-0.25, -0.2) is 23.6 Å². The fraction of sp³-hybridized carbons (Fsp3) is 0.345. The minimum Gasteiger partial charge on any atom is -0.384 e. The first-order chi connectivity index (χ1) is 19.6. The highest BCUT2D eigenvalue weighted by atomic mass is 35.5. The smallest absolute Gasteiger partial charge is 0.255 e. The maximum Gasteiger partial charge on any atom is 0.255 e. The Morgan fingerprint density at radius 2 is 1.80 bits per heavy atom. The van der Waals surface area contributed by atoms with Gasteiger partial charge >= 0.3 is 0 Å². The van der Waals surface area contributed by atoms with Crippen LogP contribution in [0.3, 0.4) is 0 Å². The lowest BCUT2D eigenvalue weighted by Crippen LogP contribution is -2.59. The van der Waals surface area contributed by atoms with Gasteiger partial charge in [-0.3, -0.25) is 14.4 Å². The summed E-state index contributed by atoms with van der Waals surface area (Å²) in [6, 6.07) is 17.4. The molecule has 0 unspecified atom stereocenters. The number of rotatable bonds is 8. The van der Waals surface area contributed by atoms with Crippen molar-refractivity contribution in [2.24, 2.45) is 0 Å². The Balaban J connectivity index is 1.56. The molecule has 2 aromatic carbocycles. The number of carbonyl (C=O) groups is 2. The largest absolute Gasteiger partial charge is 0.384 e. The zero-order valence-electron chi connectivity index (χ0n) is 22.5. The number of benzene rings is 2. The van der Waals surface area contributed by atoms with Crippen LogP contribution in [0.5, 0.6) is 0 Å². The Kier molecular flexibility index (Phi) is 8.60. The SMILES string of the molecule is CS(=O)(=O)N[C@H]1CCCC[C@@H]1N1C(=O)c2ccccc2[C@@H](C(=O)NOCc2cccc(N)n2)[C@@H]1c1ccc(Cl)cc1. The van der Waals surface area contributed by atoms with E-state index in [1.165, 1.54) is 0 Å². The average molecular weight is 598 g/mol. The van der Waals surface area contributed by atoms with E-state index in [2.05, 4.69) is 15.2 Å². The van der Waals surface area contributed by atoms with Crippen molar-refractivity contribution < 1.29 is 22.8 Å². The van der Waals surface area contributed by atoms with Gasteiger partial charge in [-0.2, -0.15) is 0 Å². The van der Waals surface area contributed by atoms with Gasteiger partial charge in [0.15, 0.2) is 0 Å². The third-order valence-corrected chi connectivity index (χ3v) is 8.53. The number of nitrogens with two attached hydrogens (primary N) is 1. The number of hydrogen-bond acceptors (Lipinski definition) is 7. The molecule has 1 saturated carbocycles. The molecule has 12 heteroatoms. The second-order valence-electron chi connectivity index (χ2n) is 10.4. The van der Waals surface area contributed by atoms with Gasteiger partial charge in [-0.1, -0.05) is 60.8 Å². The van der Waals surface area contributed by atoms with Crippen LogP contribution < -0.4 is 15.9 Å². The maximum absolute atomic E-state index is 14.2. The van der Waals surface area contributed by atoms with Gasteiger partial charge in [0.25, 0.3) is 11.8 Å². The topological polar surface area (TPSA) is 144 Å². The van der Waals surface area contributed by atoms with Crippen LogP contribution in [0.25, 0.3) is 0 Å². The van der Waals surface area contributed by atoms with E-state index in [9.17, 15) is 18.0 Å². The third kappa shape index (κ3) is 6.54. The summed E-state index contributed by atoms with van der Waals surface area (Å²) in [6.07, 6.45) is 3.91. The maximum atomic E-state index is 14.2. The molecule has 1 aliphatic carbocycles. The molecule has 1 aromatic heterocycles. The Hall–Kier alpha value is -3.51. The quantitative estimate of drug-likeness (QED) is 0.336. The number of anilines is 1. The van der Waals surface area contributed by atoms with Gasteiger partial charge in [0.2, 0.25) is 10.0 Å². The number of halogens is 1. The van der Waals surface area contributed by atoms with Crippen molar-refractivity contribution in [2.45, 2.75) is 56.3 Å². The standard InChI is InChI=1S/C29H32ClN5O5S/c1-41(38,39)34-23-10-4-5-11-24(23)35-27(18-13-15-19(30)16-14-18)26(21-8-2-3-9-22(21)29(35)37)28(36)33-40-17-20-7-6-12-25(31)32-20/h2-3,6-9,12-16,23-24,26-27,34H,4-5,10-11,17H2,1H3,(H2,31,32)(H,33,36)/t23-,24-,26+,27-/m0/s1. The number of sulfonamides is 1. The van der Waals surface area contributed by atoms with Crippen LogP contribution in [-0.2, 0) is 26.3 Å². The monoisotopic (exact) mass is 597 g/mol. The minimum atomic E-state index is -3.55. The van der Waals surface area contributed by atoms with Crippen LogP contribution in [0, 0.1) is 0 Å². The van der Waals surface area contributed by atoms with Crippen LogP contribution in [-0.4, -0.2) is 48.5 Å². The summed E-state index contributed by atoms with van der Waals surface area (Å²) >= 11 is 6.21. The molecule has 5 rings (SSSR count). The van der Waals surface area contributed by atoms with E-state index >= 15 is 0 Å². The number of pyridine rings is 1. The normalized spacial score (nSPS) is 22.7. The molecule has 41 heavy (non-hydrogen) atoms. The van der Waals surface area contributed by atoms with Gasteiger partial charge in [0.1, 0.15) is 12.4 Å². The summed E-state index contributed by atoms with van der Waals surface area (Å²) in [6.45, 7) is -0.0115. The molecule has 3 aromatic rings. The van der Waals surface area contributed by atoms with E-state index in [1.807, 2.05) is 0 Å². The number of nitrogens with zero attached hydrogens (tertiary/aromatic N) is 2. The van der Waals surface area contributed by atoms with Crippen LogP contribution in [0.15, 0.2) is 66.7 Å². The molecular formula is C29H32ClN5O5S. The highest BCUT2D eigenvalue weighted by Gasteiger charge is 2.49.